The molecular formula is C21H28N4O2. The van der Waals surface area contributed by atoms with Gasteiger partial charge in [-0.3, -0.25) is 4.79 Å². The SMILES string of the molecule is Cn1ccnc1-c1ccc(C(=O)NC2CCN(CC3CCCO3)CC2)cc1. The third-order valence-corrected chi connectivity index (χ3v) is 5.64. The Balaban J connectivity index is 1.27. The molecule has 6 heteroatoms. The summed E-state index contributed by atoms with van der Waals surface area (Å²) >= 11 is 0. The van der Waals surface area contributed by atoms with Gasteiger partial charge in [0.1, 0.15) is 5.82 Å². The van der Waals surface area contributed by atoms with Crippen LogP contribution >= 0.6 is 0 Å². The van der Waals surface area contributed by atoms with Crippen LogP contribution in [0.15, 0.2) is 36.7 Å². The maximum absolute atomic E-state index is 12.6. The number of ether oxygens (including phenoxy) is 1. The van der Waals surface area contributed by atoms with Gasteiger partial charge in [0.25, 0.3) is 5.91 Å². The van der Waals surface area contributed by atoms with E-state index in [2.05, 4.69) is 15.2 Å². The number of amides is 1. The van der Waals surface area contributed by atoms with Gasteiger partial charge in [-0.2, -0.15) is 0 Å². The predicted molar refractivity (Wildman–Crippen MR) is 105 cm³/mol. The van der Waals surface area contributed by atoms with Crippen molar-refractivity contribution in [3.8, 4) is 11.4 Å². The summed E-state index contributed by atoms with van der Waals surface area (Å²) in [7, 11) is 1.97. The van der Waals surface area contributed by atoms with Gasteiger partial charge in [0.15, 0.2) is 0 Å². The molecule has 4 rings (SSSR count). The van der Waals surface area contributed by atoms with E-state index in [1.165, 1.54) is 12.8 Å². The number of hydrogen-bond acceptors (Lipinski definition) is 4. The Morgan fingerprint density at radius 1 is 1.22 bits per heavy atom. The van der Waals surface area contributed by atoms with Crippen molar-refractivity contribution in [1.82, 2.24) is 19.8 Å². The zero-order valence-corrected chi connectivity index (χ0v) is 15.9. The number of imidazole rings is 1. The van der Waals surface area contributed by atoms with Gasteiger partial charge in [0, 0.05) is 62.9 Å². The topological polar surface area (TPSA) is 59.4 Å². The number of rotatable bonds is 5. The summed E-state index contributed by atoms with van der Waals surface area (Å²) in [5.74, 6) is 0.916. The number of piperidine rings is 1. The summed E-state index contributed by atoms with van der Waals surface area (Å²) in [6.07, 6.45) is 8.49. The second-order valence-corrected chi connectivity index (χ2v) is 7.62. The Morgan fingerprint density at radius 3 is 2.63 bits per heavy atom. The fourth-order valence-corrected chi connectivity index (χ4v) is 4.02. The largest absolute Gasteiger partial charge is 0.377 e. The Morgan fingerprint density at radius 2 is 2.00 bits per heavy atom. The summed E-state index contributed by atoms with van der Waals surface area (Å²) in [5.41, 5.74) is 1.72. The highest BCUT2D eigenvalue weighted by Crippen LogP contribution is 2.19. The van der Waals surface area contributed by atoms with Crippen molar-refractivity contribution >= 4 is 5.91 Å². The summed E-state index contributed by atoms with van der Waals surface area (Å²) in [6, 6.07) is 7.94. The fraction of sp³-hybridized carbons (Fsp3) is 0.524. The lowest BCUT2D eigenvalue weighted by Gasteiger charge is -2.33. The van der Waals surface area contributed by atoms with Crippen LogP contribution in [0, 0.1) is 0 Å². The number of carbonyl (C=O) groups is 1. The minimum atomic E-state index is 0.0129. The minimum Gasteiger partial charge on any atom is -0.377 e. The van der Waals surface area contributed by atoms with Crippen LogP contribution in [0.5, 0.6) is 0 Å². The molecular weight excluding hydrogens is 340 g/mol. The van der Waals surface area contributed by atoms with E-state index < -0.39 is 0 Å². The van der Waals surface area contributed by atoms with E-state index in [4.69, 9.17) is 4.74 Å². The van der Waals surface area contributed by atoms with Gasteiger partial charge in [-0.15, -0.1) is 0 Å². The quantitative estimate of drug-likeness (QED) is 0.881. The fourth-order valence-electron chi connectivity index (χ4n) is 4.02. The molecule has 1 atom stereocenters. The predicted octanol–water partition coefficient (Wildman–Crippen LogP) is 2.46. The molecule has 1 unspecified atom stereocenters. The van der Waals surface area contributed by atoms with Crippen molar-refractivity contribution in [3.63, 3.8) is 0 Å². The Bertz CT molecular complexity index is 757. The lowest BCUT2D eigenvalue weighted by molar-refractivity contribution is 0.0613. The molecule has 2 saturated heterocycles. The zero-order valence-electron chi connectivity index (χ0n) is 15.9. The normalized spacial score (nSPS) is 21.4. The molecule has 0 aliphatic carbocycles. The molecule has 1 aromatic heterocycles. The van der Waals surface area contributed by atoms with E-state index in [1.807, 2.05) is 42.1 Å². The highest BCUT2D eigenvalue weighted by molar-refractivity contribution is 5.94. The van der Waals surface area contributed by atoms with Crippen molar-refractivity contribution in [2.24, 2.45) is 7.05 Å². The van der Waals surface area contributed by atoms with E-state index in [0.29, 0.717) is 11.7 Å². The second kappa shape index (κ2) is 8.23. The van der Waals surface area contributed by atoms with Gasteiger partial charge in [-0.1, -0.05) is 12.1 Å². The number of benzene rings is 1. The highest BCUT2D eigenvalue weighted by Gasteiger charge is 2.24. The Hall–Kier alpha value is -2.18. The minimum absolute atomic E-state index is 0.0129. The Labute approximate surface area is 160 Å². The van der Waals surface area contributed by atoms with E-state index in [-0.39, 0.29) is 11.9 Å². The van der Waals surface area contributed by atoms with Crippen molar-refractivity contribution in [2.45, 2.75) is 37.8 Å². The molecule has 6 nitrogen and oxygen atoms in total. The summed E-state index contributed by atoms with van der Waals surface area (Å²) < 4.78 is 7.70. The number of hydrogen-bond donors (Lipinski definition) is 1. The molecule has 2 aliphatic rings. The third-order valence-electron chi connectivity index (χ3n) is 5.64. The molecule has 2 fully saturated rings. The first-order valence-corrected chi connectivity index (χ1v) is 9.91. The standard InChI is InChI=1S/C21H28N4O2/c1-24-13-10-22-20(24)16-4-6-17(7-5-16)21(26)23-18-8-11-25(12-9-18)15-19-3-2-14-27-19/h4-7,10,13,18-19H,2-3,8-9,11-12,14-15H2,1H3,(H,23,26). The highest BCUT2D eigenvalue weighted by atomic mass is 16.5. The molecule has 0 saturated carbocycles. The number of carbonyl (C=O) groups excluding carboxylic acids is 1. The first-order chi connectivity index (χ1) is 13.2. The van der Waals surface area contributed by atoms with Gasteiger partial charge in [0.2, 0.25) is 0 Å². The van der Waals surface area contributed by atoms with Crippen LogP contribution in [0.2, 0.25) is 0 Å². The van der Waals surface area contributed by atoms with Crippen LogP contribution in [0.25, 0.3) is 11.4 Å². The first kappa shape index (κ1) is 18.2. The van der Waals surface area contributed by atoms with Crippen LogP contribution in [0.3, 0.4) is 0 Å². The smallest absolute Gasteiger partial charge is 0.251 e. The van der Waals surface area contributed by atoms with Gasteiger partial charge >= 0.3 is 0 Å². The van der Waals surface area contributed by atoms with Crippen LogP contribution in [0.4, 0.5) is 0 Å². The van der Waals surface area contributed by atoms with E-state index in [9.17, 15) is 4.79 Å². The van der Waals surface area contributed by atoms with Crippen molar-refractivity contribution in [3.05, 3.63) is 42.2 Å². The molecule has 2 aliphatic heterocycles. The summed E-state index contributed by atoms with van der Waals surface area (Å²) in [4.78, 5) is 19.4. The monoisotopic (exact) mass is 368 g/mol. The lowest BCUT2D eigenvalue weighted by Crippen LogP contribution is -2.46. The number of nitrogens with one attached hydrogen (secondary N) is 1. The van der Waals surface area contributed by atoms with Crippen molar-refractivity contribution in [2.75, 3.05) is 26.2 Å². The third kappa shape index (κ3) is 4.39. The summed E-state index contributed by atoms with van der Waals surface area (Å²) in [5, 5.41) is 3.20. The molecule has 27 heavy (non-hydrogen) atoms. The molecule has 0 bridgehead atoms. The van der Waals surface area contributed by atoms with Gasteiger partial charge in [0.05, 0.1) is 6.10 Å². The zero-order chi connectivity index (χ0) is 18.6. The van der Waals surface area contributed by atoms with Crippen LogP contribution in [-0.4, -0.2) is 58.7 Å². The molecule has 1 aromatic carbocycles. The molecule has 144 valence electrons. The van der Waals surface area contributed by atoms with Crippen LogP contribution < -0.4 is 5.32 Å². The van der Waals surface area contributed by atoms with E-state index in [1.54, 1.807) is 6.20 Å². The van der Waals surface area contributed by atoms with E-state index >= 15 is 0 Å². The number of aryl methyl sites for hydroxylation is 1. The van der Waals surface area contributed by atoms with Gasteiger partial charge in [-0.25, -0.2) is 4.98 Å². The molecule has 3 heterocycles. The van der Waals surface area contributed by atoms with Crippen molar-refractivity contribution < 1.29 is 9.53 Å². The Kier molecular flexibility index (Phi) is 5.55. The molecule has 0 spiro atoms. The summed E-state index contributed by atoms with van der Waals surface area (Å²) in [6.45, 7) is 4.01. The molecule has 1 amide bonds. The van der Waals surface area contributed by atoms with Gasteiger partial charge in [-0.05, 0) is 37.8 Å². The molecule has 1 N–H and O–H groups in total. The maximum Gasteiger partial charge on any atom is 0.251 e. The van der Waals surface area contributed by atoms with Crippen LogP contribution in [-0.2, 0) is 11.8 Å². The second-order valence-electron chi connectivity index (χ2n) is 7.62. The average molecular weight is 368 g/mol. The molecule has 0 radical (unpaired) electrons. The number of aromatic nitrogens is 2. The number of nitrogens with zero attached hydrogens (tertiary/aromatic N) is 3. The van der Waals surface area contributed by atoms with E-state index in [0.717, 1.165) is 50.5 Å². The first-order valence-electron chi connectivity index (χ1n) is 9.91. The van der Waals surface area contributed by atoms with Crippen molar-refractivity contribution in [1.29, 1.82) is 0 Å². The maximum atomic E-state index is 12.6. The lowest BCUT2D eigenvalue weighted by atomic mass is 10.0. The van der Waals surface area contributed by atoms with Crippen LogP contribution in [0.1, 0.15) is 36.0 Å². The number of likely N-dealkylation sites (tertiary alicyclic amines) is 1. The average Bonchev–Trinajstić information content (AvgIpc) is 3.35. The van der Waals surface area contributed by atoms with Gasteiger partial charge < -0.3 is 19.5 Å². The molecule has 2 aromatic rings.